The Hall–Kier alpha value is -2.77. The van der Waals surface area contributed by atoms with E-state index in [-0.39, 0.29) is 24.3 Å². The Bertz CT molecular complexity index is 1040. The number of aryl methyl sites for hydroxylation is 1. The number of carbonyl (C=O) groups excluding carboxylic acids is 1. The van der Waals surface area contributed by atoms with E-state index in [0.717, 1.165) is 11.1 Å². The summed E-state index contributed by atoms with van der Waals surface area (Å²) in [5.74, 6) is 1.54. The zero-order chi connectivity index (χ0) is 22.2. The number of hydrogen-bond acceptors (Lipinski definition) is 5. The van der Waals surface area contributed by atoms with E-state index in [2.05, 4.69) is 22.1 Å². The van der Waals surface area contributed by atoms with Crippen molar-refractivity contribution in [1.82, 2.24) is 20.1 Å². The van der Waals surface area contributed by atoms with Gasteiger partial charge in [0.15, 0.2) is 11.0 Å². The molecule has 6 nitrogen and oxygen atoms in total. The average Bonchev–Trinajstić information content (AvgIpc) is 3.15. The Morgan fingerprint density at radius 1 is 1.29 bits per heavy atom. The number of nitrogens with zero attached hydrogens (tertiary/aromatic N) is 3. The Morgan fingerprint density at radius 3 is 2.77 bits per heavy atom. The van der Waals surface area contributed by atoms with Crippen LogP contribution in [0.25, 0.3) is 0 Å². The summed E-state index contributed by atoms with van der Waals surface area (Å²) in [6, 6.07) is 15.3. The Kier molecular flexibility index (Phi) is 8.14. The van der Waals surface area contributed by atoms with Gasteiger partial charge in [0.25, 0.3) is 0 Å². The molecule has 1 atom stereocenters. The van der Waals surface area contributed by atoms with Gasteiger partial charge in [-0.15, -0.1) is 16.8 Å². The van der Waals surface area contributed by atoms with E-state index in [4.69, 9.17) is 16.3 Å². The summed E-state index contributed by atoms with van der Waals surface area (Å²) in [4.78, 5) is 12.4. The zero-order valence-electron chi connectivity index (χ0n) is 17.5. The van der Waals surface area contributed by atoms with Crippen molar-refractivity contribution in [2.75, 3.05) is 5.75 Å². The van der Waals surface area contributed by atoms with Gasteiger partial charge < -0.3 is 10.1 Å². The van der Waals surface area contributed by atoms with Crippen LogP contribution in [0.1, 0.15) is 29.9 Å². The van der Waals surface area contributed by atoms with Crippen LogP contribution in [0.3, 0.4) is 0 Å². The Balaban J connectivity index is 1.59. The van der Waals surface area contributed by atoms with Crippen molar-refractivity contribution in [3.63, 3.8) is 0 Å². The van der Waals surface area contributed by atoms with Crippen LogP contribution in [0.4, 0.5) is 0 Å². The maximum Gasteiger partial charge on any atom is 0.230 e. The van der Waals surface area contributed by atoms with Gasteiger partial charge in [-0.25, -0.2) is 0 Å². The minimum absolute atomic E-state index is 0.0628. The molecule has 0 saturated heterocycles. The van der Waals surface area contributed by atoms with Gasteiger partial charge in [0.1, 0.15) is 12.4 Å². The van der Waals surface area contributed by atoms with E-state index in [1.807, 2.05) is 60.9 Å². The zero-order valence-corrected chi connectivity index (χ0v) is 19.1. The monoisotopic (exact) mass is 456 g/mol. The van der Waals surface area contributed by atoms with Crippen LogP contribution >= 0.6 is 23.4 Å². The third-order valence-corrected chi connectivity index (χ3v) is 6.00. The predicted molar refractivity (Wildman–Crippen MR) is 124 cm³/mol. The van der Waals surface area contributed by atoms with Crippen LogP contribution in [0, 0.1) is 6.92 Å². The molecule has 0 aliphatic rings. The second-order valence-electron chi connectivity index (χ2n) is 6.99. The molecule has 0 aliphatic heterocycles. The highest BCUT2D eigenvalue weighted by Crippen LogP contribution is 2.23. The number of amides is 1. The van der Waals surface area contributed by atoms with Gasteiger partial charge >= 0.3 is 0 Å². The van der Waals surface area contributed by atoms with Crippen LogP contribution in [-0.4, -0.2) is 26.4 Å². The fourth-order valence-electron chi connectivity index (χ4n) is 2.94. The van der Waals surface area contributed by atoms with Gasteiger partial charge in [0.05, 0.1) is 11.8 Å². The first-order chi connectivity index (χ1) is 15.0. The van der Waals surface area contributed by atoms with Crippen LogP contribution in [0.5, 0.6) is 5.75 Å². The molecule has 8 heteroatoms. The molecule has 0 spiro atoms. The topological polar surface area (TPSA) is 69.0 Å². The van der Waals surface area contributed by atoms with Crippen LogP contribution in [0.2, 0.25) is 5.02 Å². The number of nitrogens with one attached hydrogen (secondary N) is 1. The predicted octanol–water partition coefficient (Wildman–Crippen LogP) is 4.97. The van der Waals surface area contributed by atoms with Crippen molar-refractivity contribution >= 4 is 29.3 Å². The fraction of sp³-hybridized carbons (Fsp3) is 0.261. The van der Waals surface area contributed by atoms with Crippen molar-refractivity contribution < 1.29 is 9.53 Å². The lowest BCUT2D eigenvalue weighted by atomic mass is 10.1. The van der Waals surface area contributed by atoms with Crippen molar-refractivity contribution in [3.8, 4) is 5.75 Å². The number of halogens is 1. The fourth-order valence-corrected chi connectivity index (χ4v) is 3.83. The highest BCUT2D eigenvalue weighted by atomic mass is 35.5. The lowest BCUT2D eigenvalue weighted by Crippen LogP contribution is -2.28. The molecular weight excluding hydrogens is 432 g/mol. The lowest BCUT2D eigenvalue weighted by molar-refractivity contribution is -0.119. The van der Waals surface area contributed by atoms with Crippen LogP contribution < -0.4 is 10.1 Å². The molecule has 162 valence electrons. The molecule has 2 aromatic carbocycles. The minimum atomic E-state index is -0.0658. The standard InChI is InChI=1S/C23H25ClN4O2S/c1-4-12-28-21(14-30-19-10-11-20(24)16(2)13-19)26-27-23(28)31-15-22(29)25-17(3)18-8-6-5-7-9-18/h4-11,13,17H,1,12,14-15H2,2-3H3,(H,25,29). The molecule has 1 amide bonds. The van der Waals surface area contributed by atoms with Gasteiger partial charge in [0, 0.05) is 11.6 Å². The molecule has 0 fully saturated rings. The molecule has 0 aliphatic carbocycles. The van der Waals surface area contributed by atoms with Crippen LogP contribution in [0.15, 0.2) is 66.3 Å². The molecule has 0 saturated carbocycles. The van der Waals surface area contributed by atoms with Gasteiger partial charge in [-0.05, 0) is 43.2 Å². The quantitative estimate of drug-likeness (QED) is 0.344. The highest BCUT2D eigenvalue weighted by molar-refractivity contribution is 7.99. The van der Waals surface area contributed by atoms with Crippen molar-refractivity contribution in [1.29, 1.82) is 0 Å². The summed E-state index contributed by atoms with van der Waals surface area (Å²) in [5, 5.41) is 12.8. The van der Waals surface area contributed by atoms with Crippen LogP contribution in [-0.2, 0) is 17.9 Å². The number of rotatable bonds is 10. The summed E-state index contributed by atoms with van der Waals surface area (Å²) in [7, 11) is 0. The molecule has 31 heavy (non-hydrogen) atoms. The molecule has 1 aromatic heterocycles. The average molecular weight is 457 g/mol. The summed E-state index contributed by atoms with van der Waals surface area (Å²) in [6.45, 7) is 8.47. The van der Waals surface area contributed by atoms with E-state index in [1.54, 1.807) is 12.1 Å². The Labute approximate surface area is 191 Å². The van der Waals surface area contributed by atoms with Gasteiger partial charge in [-0.1, -0.05) is 59.8 Å². The number of benzene rings is 2. The third-order valence-electron chi connectivity index (χ3n) is 4.61. The van der Waals surface area contributed by atoms with Crippen molar-refractivity contribution in [2.24, 2.45) is 0 Å². The van der Waals surface area contributed by atoms with E-state index in [0.29, 0.717) is 28.3 Å². The molecule has 3 aromatic rings. The van der Waals surface area contributed by atoms with Crippen molar-refractivity contribution in [3.05, 3.63) is 83.2 Å². The summed E-state index contributed by atoms with van der Waals surface area (Å²) >= 11 is 7.40. The SMILES string of the molecule is C=CCn1c(COc2ccc(Cl)c(C)c2)nnc1SCC(=O)NC(C)c1ccccc1. The van der Waals surface area contributed by atoms with Gasteiger partial charge in [0.2, 0.25) is 5.91 Å². The number of ether oxygens (including phenoxy) is 1. The summed E-state index contributed by atoms with van der Waals surface area (Å²) in [5.41, 5.74) is 2.01. The van der Waals surface area contributed by atoms with E-state index in [9.17, 15) is 4.79 Å². The Morgan fingerprint density at radius 2 is 2.06 bits per heavy atom. The smallest absolute Gasteiger partial charge is 0.230 e. The molecular formula is C23H25ClN4O2S. The number of allylic oxidation sites excluding steroid dienone is 1. The van der Waals surface area contributed by atoms with Gasteiger partial charge in [-0.2, -0.15) is 0 Å². The first-order valence-corrected chi connectivity index (χ1v) is 11.2. The first kappa shape index (κ1) is 22.9. The summed E-state index contributed by atoms with van der Waals surface area (Å²) < 4.78 is 7.75. The maximum atomic E-state index is 12.4. The molecule has 1 unspecified atom stereocenters. The molecule has 0 radical (unpaired) electrons. The van der Waals surface area contributed by atoms with E-state index >= 15 is 0 Å². The molecule has 1 heterocycles. The number of hydrogen-bond donors (Lipinski definition) is 1. The van der Waals surface area contributed by atoms with Crippen molar-refractivity contribution in [2.45, 2.75) is 38.2 Å². The minimum Gasteiger partial charge on any atom is -0.486 e. The largest absolute Gasteiger partial charge is 0.486 e. The molecule has 1 N–H and O–H groups in total. The number of carbonyl (C=O) groups is 1. The molecule has 0 bridgehead atoms. The second kappa shape index (κ2) is 11.0. The maximum absolute atomic E-state index is 12.4. The van der Waals surface area contributed by atoms with E-state index < -0.39 is 0 Å². The number of thioether (sulfide) groups is 1. The third kappa shape index (κ3) is 6.35. The second-order valence-corrected chi connectivity index (χ2v) is 8.34. The first-order valence-electron chi connectivity index (χ1n) is 9.87. The molecule has 3 rings (SSSR count). The van der Waals surface area contributed by atoms with E-state index in [1.165, 1.54) is 11.8 Å². The lowest BCUT2D eigenvalue weighted by Gasteiger charge is -2.14. The van der Waals surface area contributed by atoms with Gasteiger partial charge in [-0.3, -0.25) is 9.36 Å². The number of aromatic nitrogens is 3. The summed E-state index contributed by atoms with van der Waals surface area (Å²) in [6.07, 6.45) is 1.76. The highest BCUT2D eigenvalue weighted by Gasteiger charge is 2.15. The normalized spacial score (nSPS) is 11.7.